The Labute approximate surface area is 198 Å². The van der Waals surface area contributed by atoms with Crippen LogP contribution in [0.3, 0.4) is 0 Å². The van der Waals surface area contributed by atoms with E-state index in [-0.39, 0.29) is 28.0 Å². The van der Waals surface area contributed by atoms with Crippen LogP contribution in [0.4, 0.5) is 37.7 Å². The van der Waals surface area contributed by atoms with E-state index < -0.39 is 35.7 Å². The van der Waals surface area contributed by atoms with Crippen LogP contribution in [0, 0.1) is 0 Å². The van der Waals surface area contributed by atoms with E-state index in [1.165, 1.54) is 30.3 Å². The molecule has 4 N–H and O–H groups in total. The van der Waals surface area contributed by atoms with Gasteiger partial charge in [0.1, 0.15) is 5.75 Å². The number of thiocarbonyl (C=S) groups is 1. The van der Waals surface area contributed by atoms with Crippen LogP contribution < -0.4 is 26.2 Å². The second-order valence-corrected chi connectivity index (χ2v) is 7.68. The minimum atomic E-state index is -4.83. The fourth-order valence-electron chi connectivity index (χ4n) is 2.33. The van der Waals surface area contributed by atoms with Gasteiger partial charge in [0.25, 0.3) is 0 Å². The summed E-state index contributed by atoms with van der Waals surface area (Å²) in [5.41, 5.74) is 3.42. The summed E-state index contributed by atoms with van der Waals surface area (Å²) in [4.78, 5) is 23.7. The van der Waals surface area contributed by atoms with Crippen molar-refractivity contribution in [3.05, 3.63) is 54.1 Å². The van der Waals surface area contributed by atoms with Gasteiger partial charge >= 0.3 is 12.5 Å². The topological polar surface area (TPSA) is 91.5 Å². The molecule has 0 aliphatic heterocycles. The number of alkyl halides is 6. The zero-order valence-corrected chi connectivity index (χ0v) is 18.5. The molecule has 0 spiro atoms. The molecule has 0 aliphatic rings. The van der Waals surface area contributed by atoms with E-state index in [9.17, 15) is 35.9 Å². The summed E-state index contributed by atoms with van der Waals surface area (Å²) in [6, 6.07) is 9.12. The van der Waals surface area contributed by atoms with Gasteiger partial charge in [0.15, 0.2) is 5.11 Å². The van der Waals surface area contributed by atoms with E-state index in [0.29, 0.717) is 0 Å². The summed E-state index contributed by atoms with van der Waals surface area (Å²) in [5.74, 6) is -1.93. The van der Waals surface area contributed by atoms with Gasteiger partial charge in [0.2, 0.25) is 11.8 Å². The number of para-hydroxylation sites is 1. The molecule has 2 rings (SSSR count). The van der Waals surface area contributed by atoms with Crippen molar-refractivity contribution in [2.24, 2.45) is 0 Å². The molecule has 0 radical (unpaired) electrons. The van der Waals surface area contributed by atoms with Gasteiger partial charge in [-0.3, -0.25) is 20.4 Å². The molecule has 7 nitrogen and oxygen atoms in total. The quantitative estimate of drug-likeness (QED) is 0.243. The van der Waals surface area contributed by atoms with Gasteiger partial charge in [0, 0.05) is 5.69 Å². The van der Waals surface area contributed by atoms with Gasteiger partial charge in [-0.25, -0.2) is 0 Å². The van der Waals surface area contributed by atoms with Crippen LogP contribution in [-0.2, 0) is 15.8 Å². The molecule has 2 aromatic carbocycles. The molecule has 0 saturated carbocycles. The van der Waals surface area contributed by atoms with Crippen LogP contribution >= 0.6 is 24.0 Å². The monoisotopic (exact) mass is 526 g/mol. The number of halogens is 6. The van der Waals surface area contributed by atoms with Gasteiger partial charge < -0.3 is 15.4 Å². The van der Waals surface area contributed by atoms with E-state index in [0.717, 1.165) is 30.0 Å². The van der Waals surface area contributed by atoms with Gasteiger partial charge in [-0.2, -0.15) is 13.2 Å². The van der Waals surface area contributed by atoms with Crippen LogP contribution in [0.5, 0.6) is 5.75 Å². The first-order valence-corrected chi connectivity index (χ1v) is 10.7. The van der Waals surface area contributed by atoms with Crippen LogP contribution in [0.2, 0.25) is 0 Å². The summed E-state index contributed by atoms with van der Waals surface area (Å²) in [7, 11) is 0. The Kier molecular flexibility index (Phi) is 9.37. The zero-order chi connectivity index (χ0) is 25.4. The first kappa shape index (κ1) is 27.0. The highest BCUT2D eigenvalue weighted by molar-refractivity contribution is 8.00. The highest BCUT2D eigenvalue weighted by atomic mass is 32.2. The number of amides is 2. The standard InChI is InChI=1S/C19H16F6N4O3S2/c20-18(21,22)13-3-1-2-4-14(13)27-17(33)29-28-16(31)10-34-9-15(30)26-11-5-7-12(8-6-11)32-19(23,24)25/h1-8H,9-10H2,(H,26,30)(H,28,31)(H2,27,29,33). The Morgan fingerprint density at radius 3 is 2.09 bits per heavy atom. The number of ether oxygens (including phenoxy) is 1. The fraction of sp³-hybridized carbons (Fsp3) is 0.211. The SMILES string of the molecule is O=C(CSCC(=O)Nc1ccc(OC(F)(F)F)cc1)NNC(=S)Nc1ccccc1C(F)(F)F. The molecular weight excluding hydrogens is 510 g/mol. The lowest BCUT2D eigenvalue weighted by atomic mass is 10.2. The highest BCUT2D eigenvalue weighted by Crippen LogP contribution is 2.34. The summed E-state index contributed by atoms with van der Waals surface area (Å²) >= 11 is 5.77. The zero-order valence-electron chi connectivity index (χ0n) is 16.8. The summed E-state index contributed by atoms with van der Waals surface area (Å²) < 4.78 is 79.0. The summed E-state index contributed by atoms with van der Waals surface area (Å²) in [6.07, 6.45) is -9.43. The number of hydrogen-bond donors (Lipinski definition) is 4. The molecule has 15 heteroatoms. The first-order valence-electron chi connectivity index (χ1n) is 9.09. The Hall–Kier alpha value is -3.20. The Morgan fingerprint density at radius 1 is 0.853 bits per heavy atom. The molecule has 0 saturated heterocycles. The van der Waals surface area contributed by atoms with Crippen molar-refractivity contribution in [1.82, 2.24) is 10.9 Å². The summed E-state index contributed by atoms with van der Waals surface area (Å²) in [6.45, 7) is 0. The molecule has 0 unspecified atom stereocenters. The lowest BCUT2D eigenvalue weighted by Gasteiger charge is -2.16. The van der Waals surface area contributed by atoms with Crippen LogP contribution in [-0.4, -0.2) is 34.8 Å². The van der Waals surface area contributed by atoms with Crippen molar-refractivity contribution in [3.8, 4) is 5.75 Å². The van der Waals surface area contributed by atoms with Crippen molar-refractivity contribution in [2.45, 2.75) is 12.5 Å². The molecule has 0 fully saturated rings. The fourth-order valence-corrected chi connectivity index (χ4v) is 3.11. The maximum atomic E-state index is 13.0. The number of hydrogen-bond acceptors (Lipinski definition) is 5. The molecule has 0 aliphatic carbocycles. The third-order valence-electron chi connectivity index (χ3n) is 3.63. The molecule has 34 heavy (non-hydrogen) atoms. The van der Waals surface area contributed by atoms with E-state index >= 15 is 0 Å². The number of nitrogens with one attached hydrogen (secondary N) is 4. The molecule has 2 aromatic rings. The molecule has 0 heterocycles. The number of hydrazine groups is 1. The van der Waals surface area contributed by atoms with Gasteiger partial charge in [0.05, 0.1) is 22.8 Å². The number of rotatable bonds is 7. The number of benzene rings is 2. The second-order valence-electron chi connectivity index (χ2n) is 6.28. The van der Waals surface area contributed by atoms with Crippen LogP contribution in [0.1, 0.15) is 5.56 Å². The Morgan fingerprint density at radius 2 is 1.47 bits per heavy atom. The third-order valence-corrected chi connectivity index (χ3v) is 4.77. The average molecular weight is 526 g/mol. The van der Waals surface area contributed by atoms with E-state index in [2.05, 4.69) is 26.2 Å². The van der Waals surface area contributed by atoms with E-state index in [1.54, 1.807) is 0 Å². The maximum absolute atomic E-state index is 13.0. The molecular formula is C19H16F6N4O3S2. The molecule has 0 aromatic heterocycles. The van der Waals surface area contributed by atoms with Crippen molar-refractivity contribution in [1.29, 1.82) is 0 Å². The van der Waals surface area contributed by atoms with Crippen molar-refractivity contribution in [2.75, 3.05) is 22.1 Å². The minimum absolute atomic E-state index is 0.157. The van der Waals surface area contributed by atoms with E-state index in [4.69, 9.17) is 12.2 Å². The predicted molar refractivity (Wildman–Crippen MR) is 118 cm³/mol. The Bertz CT molecular complexity index is 1020. The number of carbonyl (C=O) groups excluding carboxylic acids is 2. The lowest BCUT2D eigenvalue weighted by molar-refractivity contribution is -0.274. The second kappa shape index (κ2) is 11.8. The van der Waals surface area contributed by atoms with Crippen molar-refractivity contribution >= 4 is 52.3 Å². The predicted octanol–water partition coefficient (Wildman–Crippen LogP) is 4.29. The van der Waals surface area contributed by atoms with Gasteiger partial charge in [-0.05, 0) is 48.6 Å². The largest absolute Gasteiger partial charge is 0.573 e. The smallest absolute Gasteiger partial charge is 0.406 e. The third kappa shape index (κ3) is 9.74. The first-order chi connectivity index (χ1) is 15.8. The van der Waals surface area contributed by atoms with Gasteiger partial charge in [-0.15, -0.1) is 24.9 Å². The van der Waals surface area contributed by atoms with E-state index in [1.807, 2.05) is 0 Å². The Balaban J connectivity index is 1.70. The van der Waals surface area contributed by atoms with Crippen molar-refractivity contribution < 1.29 is 40.7 Å². The van der Waals surface area contributed by atoms with Crippen LogP contribution in [0.15, 0.2) is 48.5 Å². The lowest BCUT2D eigenvalue weighted by Crippen LogP contribution is -2.44. The minimum Gasteiger partial charge on any atom is -0.406 e. The molecule has 2 amide bonds. The number of anilines is 2. The van der Waals surface area contributed by atoms with Crippen LogP contribution in [0.25, 0.3) is 0 Å². The average Bonchev–Trinajstić information content (AvgIpc) is 2.72. The molecule has 184 valence electrons. The molecule has 0 atom stereocenters. The van der Waals surface area contributed by atoms with Crippen molar-refractivity contribution in [3.63, 3.8) is 0 Å². The molecule has 0 bridgehead atoms. The number of carbonyl (C=O) groups is 2. The summed E-state index contributed by atoms with van der Waals surface area (Å²) in [5, 5.41) is 4.48. The highest BCUT2D eigenvalue weighted by Gasteiger charge is 2.33. The normalized spacial score (nSPS) is 11.4. The number of thioether (sulfide) groups is 1. The maximum Gasteiger partial charge on any atom is 0.573 e. The van der Waals surface area contributed by atoms with Gasteiger partial charge in [-0.1, -0.05) is 12.1 Å².